The molecule has 0 saturated heterocycles. The Morgan fingerprint density at radius 1 is 1.10 bits per heavy atom. The van der Waals surface area contributed by atoms with Gasteiger partial charge in [-0.05, 0) is 37.6 Å². The minimum absolute atomic E-state index is 0.108. The van der Waals surface area contributed by atoms with Crippen LogP contribution in [0.3, 0.4) is 0 Å². The summed E-state index contributed by atoms with van der Waals surface area (Å²) in [7, 11) is 0. The van der Waals surface area contributed by atoms with Gasteiger partial charge >= 0.3 is 0 Å². The number of aryl methyl sites for hydroxylation is 2. The monoisotopic (exact) mass is 283 g/mol. The Bertz CT molecular complexity index is 833. The maximum atomic E-state index is 13.8. The molecule has 0 radical (unpaired) electrons. The first kappa shape index (κ1) is 13.3. The van der Waals surface area contributed by atoms with Crippen LogP contribution in [0, 0.1) is 19.7 Å². The summed E-state index contributed by atoms with van der Waals surface area (Å²) in [6.07, 6.45) is 1.61. The predicted molar refractivity (Wildman–Crippen MR) is 79.9 cm³/mol. The van der Waals surface area contributed by atoms with Gasteiger partial charge in [-0.25, -0.2) is 9.37 Å². The Kier molecular flexibility index (Phi) is 3.17. The Morgan fingerprint density at radius 3 is 2.67 bits per heavy atom. The molecule has 4 nitrogen and oxygen atoms in total. The molecule has 0 saturated carbocycles. The summed E-state index contributed by atoms with van der Waals surface area (Å²) in [6, 6.07) is 7.91. The van der Waals surface area contributed by atoms with Gasteiger partial charge in [-0.3, -0.25) is 4.98 Å². The molecule has 5 heteroatoms. The molecule has 3 aromatic rings. The Labute approximate surface area is 121 Å². The third-order valence-corrected chi connectivity index (χ3v) is 3.29. The number of pyridine rings is 2. The number of rotatable bonds is 2. The van der Waals surface area contributed by atoms with Crippen molar-refractivity contribution in [1.29, 1.82) is 0 Å². The van der Waals surface area contributed by atoms with Crippen molar-refractivity contribution in [3.63, 3.8) is 0 Å². The molecule has 1 aromatic carbocycles. The van der Waals surface area contributed by atoms with E-state index in [4.69, 9.17) is 10.5 Å². The summed E-state index contributed by atoms with van der Waals surface area (Å²) >= 11 is 0. The number of nitrogen functional groups attached to an aromatic ring is 1. The van der Waals surface area contributed by atoms with Gasteiger partial charge in [0, 0.05) is 29.7 Å². The fraction of sp³-hybridized carbons (Fsp3) is 0.125. The van der Waals surface area contributed by atoms with E-state index in [2.05, 4.69) is 9.97 Å². The van der Waals surface area contributed by atoms with Gasteiger partial charge in [-0.1, -0.05) is 0 Å². The zero-order chi connectivity index (χ0) is 15.0. The number of halogens is 1. The zero-order valence-electron chi connectivity index (χ0n) is 11.7. The molecular weight excluding hydrogens is 269 g/mol. The predicted octanol–water partition coefficient (Wildman–Crippen LogP) is 3.76. The van der Waals surface area contributed by atoms with Crippen LogP contribution in [0.2, 0.25) is 0 Å². The molecule has 3 rings (SSSR count). The molecule has 106 valence electrons. The van der Waals surface area contributed by atoms with Gasteiger partial charge < -0.3 is 10.5 Å². The number of nitrogens with zero attached hydrogens (tertiary/aromatic N) is 2. The van der Waals surface area contributed by atoms with Crippen molar-refractivity contribution in [1.82, 2.24) is 9.97 Å². The maximum Gasteiger partial charge on any atom is 0.167 e. The van der Waals surface area contributed by atoms with Crippen LogP contribution < -0.4 is 10.5 Å². The smallest absolute Gasteiger partial charge is 0.167 e. The van der Waals surface area contributed by atoms with Crippen molar-refractivity contribution in [3.05, 3.63) is 53.6 Å². The highest BCUT2D eigenvalue weighted by Gasteiger charge is 2.11. The first-order valence-electron chi connectivity index (χ1n) is 6.50. The van der Waals surface area contributed by atoms with Crippen LogP contribution in [0.1, 0.15) is 11.3 Å². The van der Waals surface area contributed by atoms with E-state index in [9.17, 15) is 4.39 Å². The molecule has 0 aliphatic heterocycles. The summed E-state index contributed by atoms with van der Waals surface area (Å²) < 4.78 is 19.5. The third-order valence-electron chi connectivity index (χ3n) is 3.29. The van der Waals surface area contributed by atoms with Crippen LogP contribution in [0.25, 0.3) is 11.0 Å². The second kappa shape index (κ2) is 5.01. The number of hydrogen-bond acceptors (Lipinski definition) is 4. The molecule has 2 aromatic heterocycles. The lowest BCUT2D eigenvalue weighted by molar-refractivity contribution is 0.445. The molecule has 0 amide bonds. The average molecular weight is 283 g/mol. The summed E-state index contributed by atoms with van der Waals surface area (Å²) in [5.74, 6) is 0.0623. The normalized spacial score (nSPS) is 10.8. The number of fused-ring (bicyclic) bond motifs is 1. The lowest BCUT2D eigenvalue weighted by atomic mass is 10.2. The van der Waals surface area contributed by atoms with Gasteiger partial charge in [-0.2, -0.15) is 0 Å². The number of anilines is 1. The van der Waals surface area contributed by atoms with Crippen LogP contribution in [-0.4, -0.2) is 9.97 Å². The Morgan fingerprint density at radius 2 is 1.90 bits per heavy atom. The van der Waals surface area contributed by atoms with Crippen LogP contribution in [0.15, 0.2) is 36.5 Å². The third kappa shape index (κ3) is 2.50. The molecule has 0 aliphatic rings. The van der Waals surface area contributed by atoms with Crippen LogP contribution in [0.4, 0.5) is 10.1 Å². The highest BCUT2D eigenvalue weighted by Crippen LogP contribution is 2.30. The molecule has 2 N–H and O–H groups in total. The van der Waals surface area contributed by atoms with Gasteiger partial charge in [0.05, 0.1) is 5.52 Å². The number of ether oxygens (including phenoxy) is 1. The zero-order valence-corrected chi connectivity index (χ0v) is 11.7. The fourth-order valence-corrected chi connectivity index (χ4v) is 2.04. The van der Waals surface area contributed by atoms with E-state index >= 15 is 0 Å². The molecular formula is C16H14FN3O. The quantitative estimate of drug-likeness (QED) is 0.727. The van der Waals surface area contributed by atoms with Crippen LogP contribution >= 0.6 is 0 Å². The summed E-state index contributed by atoms with van der Waals surface area (Å²) in [6.45, 7) is 3.88. The molecule has 0 atom stereocenters. The van der Waals surface area contributed by atoms with Gasteiger partial charge in [0.2, 0.25) is 0 Å². The maximum absolute atomic E-state index is 13.8. The number of benzene rings is 1. The van der Waals surface area contributed by atoms with E-state index in [1.807, 2.05) is 19.9 Å². The van der Waals surface area contributed by atoms with Crippen molar-refractivity contribution in [3.8, 4) is 11.5 Å². The van der Waals surface area contributed by atoms with Crippen LogP contribution in [0.5, 0.6) is 11.5 Å². The van der Waals surface area contributed by atoms with E-state index in [1.165, 1.54) is 12.1 Å². The lowest BCUT2D eigenvalue weighted by Gasteiger charge is -2.10. The molecule has 2 heterocycles. The highest BCUT2D eigenvalue weighted by atomic mass is 19.1. The second-order valence-corrected chi connectivity index (χ2v) is 4.86. The van der Waals surface area contributed by atoms with Gasteiger partial charge in [0.1, 0.15) is 5.52 Å². The topological polar surface area (TPSA) is 61.0 Å². The highest BCUT2D eigenvalue weighted by molar-refractivity contribution is 5.81. The lowest BCUT2D eigenvalue weighted by Crippen LogP contribution is -1.96. The molecule has 21 heavy (non-hydrogen) atoms. The average Bonchev–Trinajstić information content (AvgIpc) is 2.44. The Balaban J connectivity index is 2.10. The molecule has 0 bridgehead atoms. The van der Waals surface area contributed by atoms with Gasteiger partial charge in [0.15, 0.2) is 17.3 Å². The number of aromatic nitrogens is 2. The van der Waals surface area contributed by atoms with E-state index in [0.29, 0.717) is 22.5 Å². The largest absolute Gasteiger partial charge is 0.452 e. The molecule has 0 aliphatic carbocycles. The number of hydrogen-bond donors (Lipinski definition) is 1. The summed E-state index contributed by atoms with van der Waals surface area (Å²) in [5.41, 5.74) is 9.14. The van der Waals surface area contributed by atoms with Gasteiger partial charge in [-0.15, -0.1) is 0 Å². The molecule has 0 unspecified atom stereocenters. The fourth-order valence-electron chi connectivity index (χ4n) is 2.04. The second-order valence-electron chi connectivity index (χ2n) is 4.86. The minimum atomic E-state index is -0.510. The van der Waals surface area contributed by atoms with Crippen molar-refractivity contribution >= 4 is 16.7 Å². The van der Waals surface area contributed by atoms with E-state index in [-0.39, 0.29) is 5.75 Å². The first-order chi connectivity index (χ1) is 10.0. The SMILES string of the molecule is Cc1cc2nccc(Oc3ccc(N)cc3F)c2nc1C. The standard InChI is InChI=1S/C16H14FN3O/c1-9-7-13-16(20-10(9)2)15(5-6-19-13)21-14-4-3-11(18)8-12(14)17/h3-8H,18H2,1-2H3. The first-order valence-corrected chi connectivity index (χ1v) is 6.50. The molecule has 0 fully saturated rings. The van der Waals surface area contributed by atoms with Crippen molar-refractivity contribution < 1.29 is 9.13 Å². The summed E-state index contributed by atoms with van der Waals surface area (Å²) in [5, 5.41) is 0. The van der Waals surface area contributed by atoms with E-state index in [0.717, 1.165) is 11.3 Å². The van der Waals surface area contributed by atoms with Gasteiger partial charge in [0.25, 0.3) is 0 Å². The summed E-state index contributed by atoms with van der Waals surface area (Å²) in [4.78, 5) is 8.75. The number of nitrogens with two attached hydrogens (primary N) is 1. The van der Waals surface area contributed by atoms with E-state index < -0.39 is 5.82 Å². The van der Waals surface area contributed by atoms with Crippen molar-refractivity contribution in [2.45, 2.75) is 13.8 Å². The van der Waals surface area contributed by atoms with E-state index in [1.54, 1.807) is 18.3 Å². The molecule has 0 spiro atoms. The van der Waals surface area contributed by atoms with Crippen LogP contribution in [-0.2, 0) is 0 Å². The van der Waals surface area contributed by atoms with Crippen molar-refractivity contribution in [2.75, 3.05) is 5.73 Å². The Hall–Kier alpha value is -2.69. The van der Waals surface area contributed by atoms with Crippen molar-refractivity contribution in [2.24, 2.45) is 0 Å². The minimum Gasteiger partial charge on any atom is -0.452 e.